The van der Waals surface area contributed by atoms with Gasteiger partial charge in [0.2, 0.25) is 0 Å². The summed E-state index contributed by atoms with van der Waals surface area (Å²) in [7, 11) is 0. The van der Waals surface area contributed by atoms with Gasteiger partial charge >= 0.3 is 6.18 Å². The van der Waals surface area contributed by atoms with Crippen molar-refractivity contribution >= 4 is 0 Å². The summed E-state index contributed by atoms with van der Waals surface area (Å²) in [6.45, 7) is 1.10. The van der Waals surface area contributed by atoms with E-state index in [9.17, 15) is 13.2 Å². The SMILES string of the molecule is CC(N)C(O)C(F)(F)F. The molecule has 0 fully saturated rings. The van der Waals surface area contributed by atoms with Crippen LogP contribution in [0.25, 0.3) is 0 Å². The summed E-state index contributed by atoms with van der Waals surface area (Å²) in [4.78, 5) is 0. The maximum Gasteiger partial charge on any atom is 0.415 e. The van der Waals surface area contributed by atoms with Crippen LogP contribution < -0.4 is 5.73 Å². The van der Waals surface area contributed by atoms with Gasteiger partial charge in [-0.25, -0.2) is 0 Å². The van der Waals surface area contributed by atoms with Crippen LogP contribution >= 0.6 is 0 Å². The normalized spacial score (nSPS) is 19.3. The van der Waals surface area contributed by atoms with E-state index in [1.54, 1.807) is 0 Å². The van der Waals surface area contributed by atoms with Gasteiger partial charge in [-0.15, -0.1) is 0 Å². The van der Waals surface area contributed by atoms with Gasteiger partial charge in [-0.3, -0.25) is 0 Å². The van der Waals surface area contributed by atoms with Crippen molar-refractivity contribution in [2.75, 3.05) is 0 Å². The van der Waals surface area contributed by atoms with Crippen molar-refractivity contribution in [2.45, 2.75) is 25.2 Å². The average Bonchev–Trinajstić information content (AvgIpc) is 1.62. The van der Waals surface area contributed by atoms with Crippen LogP contribution in [-0.4, -0.2) is 23.4 Å². The maximum atomic E-state index is 11.4. The summed E-state index contributed by atoms with van der Waals surface area (Å²) in [6.07, 6.45) is -6.99. The molecule has 56 valence electrons. The van der Waals surface area contributed by atoms with Gasteiger partial charge in [-0.2, -0.15) is 13.2 Å². The minimum Gasteiger partial charge on any atom is -0.382 e. The Balaban J connectivity index is 3.88. The monoisotopic (exact) mass is 143 g/mol. The highest BCUT2D eigenvalue weighted by atomic mass is 19.4. The lowest BCUT2D eigenvalue weighted by Gasteiger charge is -2.16. The highest BCUT2D eigenvalue weighted by Gasteiger charge is 2.40. The molecule has 0 aromatic carbocycles. The fraction of sp³-hybridized carbons (Fsp3) is 1.00. The molecule has 3 N–H and O–H groups in total. The number of alkyl halides is 3. The van der Waals surface area contributed by atoms with E-state index in [0.29, 0.717) is 0 Å². The Morgan fingerprint density at radius 2 is 1.78 bits per heavy atom. The van der Waals surface area contributed by atoms with Crippen LogP contribution in [0.3, 0.4) is 0 Å². The minimum absolute atomic E-state index is 1.10. The van der Waals surface area contributed by atoms with Gasteiger partial charge in [0.25, 0.3) is 0 Å². The quantitative estimate of drug-likeness (QED) is 0.553. The molecule has 9 heavy (non-hydrogen) atoms. The number of halogens is 3. The third-order valence-corrected chi connectivity index (χ3v) is 0.833. The maximum absolute atomic E-state index is 11.4. The Morgan fingerprint density at radius 1 is 1.44 bits per heavy atom. The first-order valence-electron chi connectivity index (χ1n) is 2.36. The molecular formula is C4H8F3NO. The first kappa shape index (κ1) is 8.71. The topological polar surface area (TPSA) is 46.2 Å². The fourth-order valence-corrected chi connectivity index (χ4v) is 0.298. The van der Waals surface area contributed by atoms with Crippen LogP contribution in [0.5, 0.6) is 0 Å². The van der Waals surface area contributed by atoms with Crippen LogP contribution in [0, 0.1) is 0 Å². The van der Waals surface area contributed by atoms with E-state index in [1.165, 1.54) is 0 Å². The number of hydrogen-bond acceptors (Lipinski definition) is 2. The smallest absolute Gasteiger partial charge is 0.382 e. The molecule has 0 aliphatic heterocycles. The summed E-state index contributed by atoms with van der Waals surface area (Å²) in [5.41, 5.74) is 4.75. The highest BCUT2D eigenvalue weighted by molar-refractivity contribution is 4.73. The molecule has 0 saturated carbocycles. The summed E-state index contributed by atoms with van der Waals surface area (Å²) in [5.74, 6) is 0. The number of hydrogen-bond donors (Lipinski definition) is 2. The van der Waals surface area contributed by atoms with Crippen molar-refractivity contribution in [3.05, 3.63) is 0 Å². The molecule has 0 rings (SSSR count). The molecule has 0 saturated heterocycles. The largest absolute Gasteiger partial charge is 0.415 e. The molecule has 2 atom stereocenters. The Morgan fingerprint density at radius 3 is 1.78 bits per heavy atom. The predicted octanol–water partition coefficient (Wildman–Crippen LogP) is 0.257. The van der Waals surface area contributed by atoms with Crippen LogP contribution in [0.1, 0.15) is 6.92 Å². The molecule has 0 bridgehead atoms. The Kier molecular flexibility index (Phi) is 2.45. The average molecular weight is 143 g/mol. The van der Waals surface area contributed by atoms with Crippen LogP contribution in [-0.2, 0) is 0 Å². The lowest BCUT2D eigenvalue weighted by atomic mass is 10.2. The zero-order chi connectivity index (χ0) is 7.65. The molecule has 0 radical (unpaired) electrons. The van der Waals surface area contributed by atoms with Gasteiger partial charge < -0.3 is 10.8 Å². The zero-order valence-electron chi connectivity index (χ0n) is 4.81. The molecule has 0 spiro atoms. The first-order chi connectivity index (χ1) is 3.85. The van der Waals surface area contributed by atoms with Gasteiger partial charge in [-0.05, 0) is 6.92 Å². The number of aliphatic hydroxyl groups is 1. The van der Waals surface area contributed by atoms with Gasteiger partial charge in [0, 0.05) is 6.04 Å². The molecule has 0 aliphatic rings. The Hall–Kier alpha value is -0.290. The summed E-state index contributed by atoms with van der Waals surface area (Å²) in [5, 5.41) is 8.21. The van der Waals surface area contributed by atoms with E-state index in [0.717, 1.165) is 6.92 Å². The van der Waals surface area contributed by atoms with E-state index in [4.69, 9.17) is 10.8 Å². The molecule has 0 amide bonds. The fourth-order valence-electron chi connectivity index (χ4n) is 0.298. The van der Waals surface area contributed by atoms with E-state index in [2.05, 4.69) is 0 Å². The number of aliphatic hydroxyl groups excluding tert-OH is 1. The molecule has 2 nitrogen and oxygen atoms in total. The van der Waals surface area contributed by atoms with Crippen molar-refractivity contribution in [3.63, 3.8) is 0 Å². The molecule has 2 unspecified atom stereocenters. The Labute approximate surface area is 50.5 Å². The third kappa shape index (κ3) is 2.67. The van der Waals surface area contributed by atoms with E-state index in [-0.39, 0.29) is 0 Å². The van der Waals surface area contributed by atoms with Crippen LogP contribution in [0.2, 0.25) is 0 Å². The van der Waals surface area contributed by atoms with Crippen molar-refractivity contribution in [3.8, 4) is 0 Å². The number of nitrogens with two attached hydrogens (primary N) is 1. The summed E-state index contributed by atoms with van der Waals surface area (Å²) >= 11 is 0. The second-order valence-electron chi connectivity index (χ2n) is 1.85. The van der Waals surface area contributed by atoms with Crippen molar-refractivity contribution in [2.24, 2.45) is 5.73 Å². The van der Waals surface area contributed by atoms with Gasteiger partial charge in [0.1, 0.15) is 0 Å². The van der Waals surface area contributed by atoms with Crippen LogP contribution in [0.4, 0.5) is 13.2 Å². The van der Waals surface area contributed by atoms with E-state index < -0.39 is 18.3 Å². The second-order valence-corrected chi connectivity index (χ2v) is 1.85. The lowest BCUT2D eigenvalue weighted by Crippen LogP contribution is -2.42. The lowest BCUT2D eigenvalue weighted by molar-refractivity contribution is -0.208. The summed E-state index contributed by atoms with van der Waals surface area (Å²) < 4.78 is 34.1. The molecule has 5 heteroatoms. The molecule has 0 aromatic heterocycles. The standard InChI is InChI=1S/C4H8F3NO/c1-2(8)3(9)4(5,6)7/h2-3,9H,8H2,1H3. The molecule has 0 aromatic rings. The Bertz CT molecular complexity index is 90.3. The highest BCUT2D eigenvalue weighted by Crippen LogP contribution is 2.21. The second kappa shape index (κ2) is 2.53. The first-order valence-corrected chi connectivity index (χ1v) is 2.36. The van der Waals surface area contributed by atoms with Crippen LogP contribution in [0.15, 0.2) is 0 Å². The van der Waals surface area contributed by atoms with Gasteiger partial charge in [-0.1, -0.05) is 0 Å². The van der Waals surface area contributed by atoms with E-state index >= 15 is 0 Å². The predicted molar refractivity (Wildman–Crippen MR) is 25.7 cm³/mol. The van der Waals surface area contributed by atoms with E-state index in [1.807, 2.05) is 0 Å². The minimum atomic E-state index is -4.59. The molecule has 0 aliphatic carbocycles. The van der Waals surface area contributed by atoms with Gasteiger partial charge in [0.15, 0.2) is 6.10 Å². The molecule has 0 heterocycles. The van der Waals surface area contributed by atoms with Crippen molar-refractivity contribution < 1.29 is 18.3 Å². The zero-order valence-corrected chi connectivity index (χ0v) is 4.81. The van der Waals surface area contributed by atoms with Crippen molar-refractivity contribution in [1.29, 1.82) is 0 Å². The van der Waals surface area contributed by atoms with Crippen molar-refractivity contribution in [1.82, 2.24) is 0 Å². The summed E-state index contributed by atoms with van der Waals surface area (Å²) in [6, 6.07) is -1.26. The molecular weight excluding hydrogens is 135 g/mol. The third-order valence-electron chi connectivity index (χ3n) is 0.833. The number of rotatable bonds is 1. The van der Waals surface area contributed by atoms with Gasteiger partial charge in [0.05, 0.1) is 0 Å².